The van der Waals surface area contributed by atoms with E-state index in [2.05, 4.69) is 128 Å². The van der Waals surface area contributed by atoms with Crippen molar-refractivity contribution in [3.05, 3.63) is 77.9 Å². The Kier molecular flexibility index (Phi) is 5.90. The molecule has 0 amide bonds. The van der Waals surface area contributed by atoms with E-state index < -0.39 is 8.07 Å². The average molecular weight is 415 g/mol. The van der Waals surface area contributed by atoms with Gasteiger partial charge in [-0.25, -0.2) is 0 Å². The van der Waals surface area contributed by atoms with Crippen molar-refractivity contribution in [3.63, 3.8) is 0 Å². The molecule has 0 radical (unpaired) electrons. The summed E-state index contributed by atoms with van der Waals surface area (Å²) < 4.78 is 0. The zero-order valence-electron chi connectivity index (χ0n) is 20.4. The van der Waals surface area contributed by atoms with Crippen LogP contribution in [0.2, 0.25) is 19.6 Å². The van der Waals surface area contributed by atoms with Crippen molar-refractivity contribution in [3.8, 4) is 22.3 Å². The van der Waals surface area contributed by atoms with Gasteiger partial charge >= 0.3 is 0 Å². The highest BCUT2D eigenvalue weighted by atomic mass is 28.3. The van der Waals surface area contributed by atoms with E-state index in [1.54, 1.807) is 0 Å². The summed E-state index contributed by atoms with van der Waals surface area (Å²) in [5.74, 6) is 0. The molecule has 1 heteroatoms. The highest BCUT2D eigenvalue weighted by Crippen LogP contribution is 2.31. The molecule has 0 spiro atoms. The summed E-state index contributed by atoms with van der Waals surface area (Å²) in [5.41, 5.74) is 8.37. The van der Waals surface area contributed by atoms with Gasteiger partial charge in [-0.3, -0.25) is 0 Å². The second kappa shape index (κ2) is 7.85. The molecule has 0 bridgehead atoms. The van der Waals surface area contributed by atoms with Crippen LogP contribution in [0.15, 0.2) is 66.7 Å². The van der Waals surface area contributed by atoms with Crippen molar-refractivity contribution in [2.45, 2.75) is 72.0 Å². The van der Waals surface area contributed by atoms with Crippen LogP contribution < -0.4 is 5.19 Å². The first-order valence-corrected chi connectivity index (χ1v) is 14.6. The number of hydrogen-bond acceptors (Lipinski definition) is 0. The van der Waals surface area contributed by atoms with Crippen LogP contribution in [0.3, 0.4) is 0 Å². The molecule has 0 fully saturated rings. The Morgan fingerprint density at radius 3 is 1.07 bits per heavy atom. The Labute approximate surface area is 185 Å². The molecule has 0 aliphatic heterocycles. The third-order valence-corrected chi connectivity index (χ3v) is 7.99. The van der Waals surface area contributed by atoms with Crippen LogP contribution in [0.1, 0.15) is 52.7 Å². The Bertz CT molecular complexity index is 927. The lowest BCUT2D eigenvalue weighted by atomic mass is 9.85. The van der Waals surface area contributed by atoms with Gasteiger partial charge in [0.05, 0.1) is 8.07 Å². The fourth-order valence-electron chi connectivity index (χ4n) is 3.72. The third-order valence-electron chi connectivity index (χ3n) is 5.97. The van der Waals surface area contributed by atoms with Crippen LogP contribution in [0.4, 0.5) is 0 Å². The number of benzene rings is 3. The summed E-state index contributed by atoms with van der Waals surface area (Å²) in [6.45, 7) is 20.9. The van der Waals surface area contributed by atoms with E-state index in [4.69, 9.17) is 0 Å². The van der Waals surface area contributed by atoms with E-state index in [0.29, 0.717) is 0 Å². The smallest absolute Gasteiger partial charge is 0.0656 e. The maximum Gasteiger partial charge on any atom is 0.0776 e. The molecule has 0 aliphatic carbocycles. The van der Waals surface area contributed by atoms with E-state index in [1.807, 2.05) is 0 Å². The predicted octanol–water partition coefficient (Wildman–Crippen LogP) is 8.16. The van der Waals surface area contributed by atoms with Gasteiger partial charge in [0.25, 0.3) is 0 Å². The van der Waals surface area contributed by atoms with Crippen molar-refractivity contribution < 1.29 is 0 Å². The van der Waals surface area contributed by atoms with E-state index in [-0.39, 0.29) is 10.8 Å². The molecule has 0 N–H and O–H groups in total. The summed E-state index contributed by atoms with van der Waals surface area (Å²) in [4.78, 5) is 0. The molecule has 0 aliphatic rings. The molecule has 3 aromatic carbocycles. The summed E-state index contributed by atoms with van der Waals surface area (Å²) in [5, 5.41) is 1.51. The molecule has 3 rings (SSSR count). The monoisotopic (exact) mass is 414 g/mol. The van der Waals surface area contributed by atoms with Gasteiger partial charge < -0.3 is 0 Å². The molecule has 3 aromatic rings. The minimum atomic E-state index is -1.44. The summed E-state index contributed by atoms with van der Waals surface area (Å²) >= 11 is 0. The van der Waals surface area contributed by atoms with Gasteiger partial charge in [0, 0.05) is 0 Å². The van der Waals surface area contributed by atoms with E-state index in [1.165, 1.54) is 38.6 Å². The maximum atomic E-state index is 2.43. The minimum absolute atomic E-state index is 0.179. The van der Waals surface area contributed by atoms with E-state index in [9.17, 15) is 0 Å². The van der Waals surface area contributed by atoms with Crippen LogP contribution in [-0.2, 0) is 10.8 Å². The fraction of sp³-hybridized carbons (Fsp3) is 0.379. The van der Waals surface area contributed by atoms with Gasteiger partial charge in [0.1, 0.15) is 0 Å². The largest absolute Gasteiger partial charge is 0.0776 e. The lowest BCUT2D eigenvalue weighted by Crippen LogP contribution is -2.37. The van der Waals surface area contributed by atoms with Crippen LogP contribution >= 0.6 is 0 Å². The zero-order valence-corrected chi connectivity index (χ0v) is 21.4. The molecule has 0 atom stereocenters. The average Bonchev–Trinajstić information content (AvgIpc) is 2.66. The molecule has 0 heterocycles. The number of hydrogen-bond donors (Lipinski definition) is 0. The number of rotatable bonds is 3. The maximum absolute atomic E-state index is 2.43. The van der Waals surface area contributed by atoms with E-state index >= 15 is 0 Å². The van der Waals surface area contributed by atoms with Crippen LogP contribution in [0, 0.1) is 0 Å². The first-order valence-electron chi connectivity index (χ1n) is 11.1. The van der Waals surface area contributed by atoms with Gasteiger partial charge in [-0.1, -0.05) is 127 Å². The fourth-order valence-corrected chi connectivity index (χ4v) is 4.90. The van der Waals surface area contributed by atoms with Crippen LogP contribution in [-0.4, -0.2) is 8.07 Å². The Balaban J connectivity index is 2.09. The van der Waals surface area contributed by atoms with E-state index in [0.717, 1.165) is 0 Å². The van der Waals surface area contributed by atoms with Crippen molar-refractivity contribution in [2.75, 3.05) is 0 Å². The lowest BCUT2D eigenvalue weighted by molar-refractivity contribution is 0.590. The topological polar surface area (TPSA) is 0 Å². The molecular formula is C29H38Si. The standard InChI is InChI=1S/C29H38Si/c1-28(2,3)25-14-10-21(11-15-25)23-18-24(20-27(19-23)30(7,8)9)22-12-16-26(17-13-22)29(4,5)6/h10-20H,1-9H3. The van der Waals surface area contributed by atoms with Crippen LogP contribution in [0.5, 0.6) is 0 Å². The molecule has 0 aromatic heterocycles. The molecule has 0 saturated heterocycles. The molecular weight excluding hydrogens is 376 g/mol. The lowest BCUT2D eigenvalue weighted by Gasteiger charge is -2.22. The van der Waals surface area contributed by atoms with Gasteiger partial charge in [0.2, 0.25) is 0 Å². The second-order valence-electron chi connectivity index (χ2n) is 11.7. The molecule has 0 saturated carbocycles. The van der Waals surface area contributed by atoms with Gasteiger partial charge in [-0.15, -0.1) is 0 Å². The van der Waals surface area contributed by atoms with Crippen LogP contribution in [0.25, 0.3) is 22.3 Å². The normalized spacial score (nSPS) is 12.8. The SMILES string of the molecule is CC(C)(C)c1ccc(-c2cc(-c3ccc(C(C)(C)C)cc3)cc([Si](C)(C)C)c2)cc1. The van der Waals surface area contributed by atoms with Gasteiger partial charge in [0.15, 0.2) is 0 Å². The minimum Gasteiger partial charge on any atom is -0.0656 e. The quantitative estimate of drug-likeness (QED) is 0.379. The molecule has 0 unspecified atom stereocenters. The highest BCUT2D eigenvalue weighted by molar-refractivity contribution is 6.88. The molecule has 30 heavy (non-hydrogen) atoms. The first-order chi connectivity index (χ1) is 13.7. The van der Waals surface area contributed by atoms with Gasteiger partial charge in [-0.05, 0) is 50.3 Å². The highest BCUT2D eigenvalue weighted by Gasteiger charge is 2.20. The summed E-state index contributed by atoms with van der Waals surface area (Å²) in [6.07, 6.45) is 0. The van der Waals surface area contributed by atoms with Crippen molar-refractivity contribution >= 4 is 13.3 Å². The van der Waals surface area contributed by atoms with Crippen molar-refractivity contribution in [1.82, 2.24) is 0 Å². The van der Waals surface area contributed by atoms with Gasteiger partial charge in [-0.2, -0.15) is 0 Å². The Morgan fingerprint density at radius 2 is 0.800 bits per heavy atom. The predicted molar refractivity (Wildman–Crippen MR) is 138 cm³/mol. The first kappa shape index (κ1) is 22.6. The van der Waals surface area contributed by atoms with Crippen molar-refractivity contribution in [1.29, 1.82) is 0 Å². The second-order valence-corrected chi connectivity index (χ2v) is 16.8. The Hall–Kier alpha value is -2.12. The van der Waals surface area contributed by atoms with Crippen molar-refractivity contribution in [2.24, 2.45) is 0 Å². The third kappa shape index (κ3) is 5.13. The summed E-state index contributed by atoms with van der Waals surface area (Å²) in [7, 11) is -1.44. The Morgan fingerprint density at radius 1 is 0.467 bits per heavy atom. The zero-order chi connectivity index (χ0) is 22.3. The molecule has 158 valence electrons. The molecule has 0 nitrogen and oxygen atoms in total. The summed E-state index contributed by atoms with van der Waals surface area (Å²) in [6, 6.07) is 25.5.